The standard InChI is InChI=1S/C19H20Cl2N4O4S/c1-23-12-14(11-17(23)19(22)27)30(28,29)25-8-6-24(7-9-25)18(26)5-3-13-2-4-15(20)16(21)10-13/h2-5,10-12H,6-9H2,1H3,(H2,22,27)/b5-3+. The van der Waals surface area contributed by atoms with Crippen molar-refractivity contribution in [3.63, 3.8) is 0 Å². The summed E-state index contributed by atoms with van der Waals surface area (Å²) in [6.07, 6.45) is 4.40. The molecule has 3 rings (SSSR count). The van der Waals surface area contributed by atoms with E-state index in [2.05, 4.69) is 0 Å². The zero-order valence-corrected chi connectivity index (χ0v) is 18.4. The van der Waals surface area contributed by atoms with Crippen LogP contribution in [0.1, 0.15) is 16.1 Å². The van der Waals surface area contributed by atoms with E-state index in [1.54, 1.807) is 36.2 Å². The predicted molar refractivity (Wildman–Crippen MR) is 115 cm³/mol. The van der Waals surface area contributed by atoms with Crippen LogP contribution in [0.2, 0.25) is 10.0 Å². The number of piperazine rings is 1. The van der Waals surface area contributed by atoms with E-state index in [4.69, 9.17) is 28.9 Å². The zero-order chi connectivity index (χ0) is 22.1. The van der Waals surface area contributed by atoms with Crippen molar-refractivity contribution in [2.45, 2.75) is 4.90 Å². The summed E-state index contributed by atoms with van der Waals surface area (Å²) >= 11 is 11.8. The Balaban J connectivity index is 1.64. The van der Waals surface area contributed by atoms with E-state index in [0.717, 1.165) is 5.56 Å². The minimum absolute atomic E-state index is 0.00177. The first-order chi connectivity index (χ1) is 14.1. The van der Waals surface area contributed by atoms with Gasteiger partial charge in [-0.3, -0.25) is 9.59 Å². The molecule has 1 aromatic heterocycles. The Hall–Kier alpha value is -2.33. The molecular weight excluding hydrogens is 451 g/mol. The first-order valence-electron chi connectivity index (χ1n) is 8.98. The first kappa shape index (κ1) is 22.4. The molecular formula is C19H20Cl2N4O4S. The molecule has 1 aliphatic rings. The fourth-order valence-electron chi connectivity index (χ4n) is 3.11. The van der Waals surface area contributed by atoms with E-state index in [-0.39, 0.29) is 42.7 Å². The number of benzene rings is 1. The minimum atomic E-state index is -3.79. The van der Waals surface area contributed by atoms with Crippen LogP contribution in [0.15, 0.2) is 41.4 Å². The van der Waals surface area contributed by atoms with Crippen LogP contribution >= 0.6 is 23.2 Å². The highest BCUT2D eigenvalue weighted by atomic mass is 35.5. The maximum Gasteiger partial charge on any atom is 0.265 e. The lowest BCUT2D eigenvalue weighted by molar-refractivity contribution is -0.127. The molecule has 1 fully saturated rings. The second-order valence-corrected chi connectivity index (χ2v) is 9.52. The van der Waals surface area contributed by atoms with Crippen molar-refractivity contribution < 1.29 is 18.0 Å². The van der Waals surface area contributed by atoms with Crippen LogP contribution in [0.25, 0.3) is 6.08 Å². The first-order valence-corrected chi connectivity index (χ1v) is 11.2. The lowest BCUT2D eigenvalue weighted by Gasteiger charge is -2.33. The van der Waals surface area contributed by atoms with Crippen molar-refractivity contribution in [1.29, 1.82) is 0 Å². The Morgan fingerprint density at radius 2 is 1.73 bits per heavy atom. The number of sulfonamides is 1. The Morgan fingerprint density at radius 3 is 2.30 bits per heavy atom. The van der Waals surface area contributed by atoms with Crippen molar-refractivity contribution in [3.8, 4) is 0 Å². The van der Waals surface area contributed by atoms with Gasteiger partial charge in [-0.25, -0.2) is 8.42 Å². The summed E-state index contributed by atoms with van der Waals surface area (Å²) in [5, 5.41) is 0.823. The number of halogens is 2. The van der Waals surface area contributed by atoms with Gasteiger partial charge in [0.2, 0.25) is 15.9 Å². The zero-order valence-electron chi connectivity index (χ0n) is 16.1. The lowest BCUT2D eigenvalue weighted by atomic mass is 10.2. The molecule has 8 nitrogen and oxygen atoms in total. The number of hydrogen-bond donors (Lipinski definition) is 1. The van der Waals surface area contributed by atoms with Gasteiger partial charge in [-0.05, 0) is 29.8 Å². The van der Waals surface area contributed by atoms with Gasteiger partial charge < -0.3 is 15.2 Å². The van der Waals surface area contributed by atoms with Gasteiger partial charge in [0.1, 0.15) is 10.6 Å². The summed E-state index contributed by atoms with van der Waals surface area (Å²) in [6, 6.07) is 6.29. The Morgan fingerprint density at radius 1 is 1.07 bits per heavy atom. The fourth-order valence-corrected chi connectivity index (χ4v) is 4.91. The van der Waals surface area contributed by atoms with Crippen LogP contribution in [-0.4, -0.2) is 60.2 Å². The van der Waals surface area contributed by atoms with Gasteiger partial charge in [-0.2, -0.15) is 4.31 Å². The number of nitrogens with zero attached hydrogens (tertiary/aromatic N) is 3. The maximum absolute atomic E-state index is 12.8. The molecule has 2 N–H and O–H groups in total. The van der Waals surface area contributed by atoms with Crippen molar-refractivity contribution in [3.05, 3.63) is 57.8 Å². The van der Waals surface area contributed by atoms with Crippen molar-refractivity contribution in [2.75, 3.05) is 26.2 Å². The Labute approximate surface area is 184 Å². The van der Waals surface area contributed by atoms with Gasteiger partial charge in [-0.1, -0.05) is 29.3 Å². The molecule has 1 saturated heterocycles. The van der Waals surface area contributed by atoms with Gasteiger partial charge in [-0.15, -0.1) is 0 Å². The lowest BCUT2D eigenvalue weighted by Crippen LogP contribution is -2.50. The molecule has 0 unspecified atom stereocenters. The molecule has 1 aliphatic heterocycles. The van der Waals surface area contributed by atoms with Crippen LogP contribution in [0.4, 0.5) is 0 Å². The number of amides is 2. The summed E-state index contributed by atoms with van der Waals surface area (Å²) in [7, 11) is -2.24. The molecule has 0 radical (unpaired) electrons. The SMILES string of the molecule is Cn1cc(S(=O)(=O)N2CCN(C(=O)/C=C/c3ccc(Cl)c(Cl)c3)CC2)cc1C(N)=O. The van der Waals surface area contributed by atoms with Crippen LogP contribution < -0.4 is 5.73 Å². The molecule has 0 aliphatic carbocycles. The monoisotopic (exact) mass is 470 g/mol. The van der Waals surface area contributed by atoms with E-state index >= 15 is 0 Å². The van der Waals surface area contributed by atoms with Crippen molar-refractivity contribution in [2.24, 2.45) is 12.8 Å². The van der Waals surface area contributed by atoms with Crippen LogP contribution in [0.5, 0.6) is 0 Å². The number of aromatic nitrogens is 1. The number of hydrogen-bond acceptors (Lipinski definition) is 4. The fraction of sp³-hybridized carbons (Fsp3) is 0.263. The second-order valence-electron chi connectivity index (χ2n) is 6.77. The third-order valence-corrected chi connectivity index (χ3v) is 7.39. The summed E-state index contributed by atoms with van der Waals surface area (Å²) in [4.78, 5) is 25.4. The van der Waals surface area contributed by atoms with Gasteiger partial charge in [0.25, 0.3) is 5.91 Å². The van der Waals surface area contributed by atoms with Gasteiger partial charge in [0.15, 0.2) is 0 Å². The smallest absolute Gasteiger partial charge is 0.265 e. The average molecular weight is 471 g/mol. The molecule has 0 bridgehead atoms. The van der Waals surface area contributed by atoms with Gasteiger partial charge in [0, 0.05) is 45.5 Å². The highest BCUT2D eigenvalue weighted by Gasteiger charge is 2.31. The third kappa shape index (κ3) is 4.70. The van der Waals surface area contributed by atoms with E-state index < -0.39 is 15.9 Å². The van der Waals surface area contributed by atoms with Gasteiger partial charge >= 0.3 is 0 Å². The maximum atomic E-state index is 12.8. The number of rotatable bonds is 5. The van der Waals surface area contributed by atoms with Crippen LogP contribution in [-0.2, 0) is 21.9 Å². The second kappa shape index (κ2) is 8.81. The third-order valence-electron chi connectivity index (χ3n) is 4.78. The minimum Gasteiger partial charge on any atom is -0.364 e. The van der Waals surface area contributed by atoms with E-state index in [9.17, 15) is 18.0 Å². The van der Waals surface area contributed by atoms with Crippen LogP contribution in [0, 0.1) is 0 Å². The molecule has 160 valence electrons. The number of nitrogens with two attached hydrogens (primary N) is 1. The average Bonchev–Trinajstić information content (AvgIpc) is 3.11. The van der Waals surface area contributed by atoms with E-state index in [1.807, 2.05) is 0 Å². The quantitative estimate of drug-likeness (QED) is 0.674. The van der Waals surface area contributed by atoms with E-state index in [0.29, 0.717) is 10.0 Å². The Kier molecular flexibility index (Phi) is 6.56. The number of carbonyl (C=O) groups excluding carboxylic acids is 2. The molecule has 30 heavy (non-hydrogen) atoms. The molecule has 2 heterocycles. The highest BCUT2D eigenvalue weighted by molar-refractivity contribution is 7.89. The highest BCUT2D eigenvalue weighted by Crippen LogP contribution is 2.23. The topological polar surface area (TPSA) is 106 Å². The van der Waals surface area contributed by atoms with Crippen LogP contribution in [0.3, 0.4) is 0 Å². The molecule has 0 atom stereocenters. The molecule has 2 aromatic rings. The van der Waals surface area contributed by atoms with Gasteiger partial charge in [0.05, 0.1) is 10.0 Å². The Bertz CT molecular complexity index is 1120. The largest absolute Gasteiger partial charge is 0.364 e. The molecule has 1 aromatic carbocycles. The molecule has 2 amide bonds. The van der Waals surface area contributed by atoms with Crippen molar-refractivity contribution in [1.82, 2.24) is 13.8 Å². The predicted octanol–water partition coefficient (Wildman–Crippen LogP) is 1.98. The summed E-state index contributed by atoms with van der Waals surface area (Å²) in [5.41, 5.74) is 6.09. The number of carbonyl (C=O) groups is 2. The summed E-state index contributed by atoms with van der Waals surface area (Å²) in [6.45, 7) is 0.795. The normalized spacial score (nSPS) is 15.6. The summed E-state index contributed by atoms with van der Waals surface area (Å²) < 4.78 is 28.4. The van der Waals surface area contributed by atoms with Crippen molar-refractivity contribution >= 4 is 51.1 Å². The number of primary amides is 1. The molecule has 0 saturated carbocycles. The molecule has 0 spiro atoms. The number of aryl methyl sites for hydroxylation is 1. The van der Waals surface area contributed by atoms with E-state index in [1.165, 1.54) is 27.2 Å². The molecule has 11 heteroatoms. The summed E-state index contributed by atoms with van der Waals surface area (Å²) in [5.74, 6) is -0.933.